The van der Waals surface area contributed by atoms with E-state index in [9.17, 15) is 4.79 Å². The van der Waals surface area contributed by atoms with Crippen LogP contribution < -0.4 is 4.90 Å². The van der Waals surface area contributed by atoms with Gasteiger partial charge in [-0.25, -0.2) is 0 Å². The monoisotopic (exact) mass is 410 g/mol. The van der Waals surface area contributed by atoms with E-state index < -0.39 is 5.97 Å². The number of esters is 1. The molecule has 0 saturated carbocycles. The predicted molar refractivity (Wildman–Crippen MR) is 113 cm³/mol. The highest BCUT2D eigenvalue weighted by Gasteiger charge is 2.19. The van der Waals surface area contributed by atoms with Crippen LogP contribution in [0.5, 0.6) is 0 Å². The standard InChI is InChI=1S/C19H27ClN2O2.C2H4O2/c1-4-21(5-2)12-13-24-19(23)15(3)16-8-9-18(17(20)14-16)22-10-6-7-11-22;1-2(3)4/h6-9,14-15H,4-5,10-13H2,1-3H3;1H3,(H,3,4). The fraction of sp³-hybridized carbons (Fsp3) is 0.524. The Morgan fingerprint density at radius 3 is 2.32 bits per heavy atom. The molecule has 0 spiro atoms. The second-order valence-electron chi connectivity index (χ2n) is 6.52. The van der Waals surface area contributed by atoms with Gasteiger partial charge in [-0.1, -0.05) is 43.7 Å². The molecule has 1 aromatic rings. The third kappa shape index (κ3) is 7.90. The highest BCUT2D eigenvalue weighted by atomic mass is 35.5. The zero-order chi connectivity index (χ0) is 21.1. The van der Waals surface area contributed by atoms with E-state index in [0.717, 1.165) is 50.9 Å². The molecule has 1 N–H and O–H groups in total. The molecule has 2 rings (SSSR count). The Labute approximate surface area is 172 Å². The molecule has 0 saturated heterocycles. The summed E-state index contributed by atoms with van der Waals surface area (Å²) in [6, 6.07) is 5.84. The molecule has 0 bridgehead atoms. The summed E-state index contributed by atoms with van der Waals surface area (Å²) in [5.74, 6) is -1.35. The van der Waals surface area contributed by atoms with Crippen LogP contribution in [0.15, 0.2) is 30.4 Å². The molecule has 0 radical (unpaired) electrons. The van der Waals surface area contributed by atoms with Crippen LogP contribution in [-0.2, 0) is 14.3 Å². The summed E-state index contributed by atoms with van der Waals surface area (Å²) < 4.78 is 5.42. The van der Waals surface area contributed by atoms with E-state index in [2.05, 4.69) is 35.8 Å². The molecule has 1 atom stereocenters. The Hall–Kier alpha value is -2.05. The molecule has 28 heavy (non-hydrogen) atoms. The molecule has 1 aromatic carbocycles. The minimum atomic E-state index is -0.833. The average Bonchev–Trinajstić information content (AvgIpc) is 3.18. The quantitative estimate of drug-likeness (QED) is 0.519. The van der Waals surface area contributed by atoms with Gasteiger partial charge in [-0.3, -0.25) is 9.59 Å². The van der Waals surface area contributed by atoms with Gasteiger partial charge in [0.1, 0.15) is 6.61 Å². The zero-order valence-corrected chi connectivity index (χ0v) is 17.9. The summed E-state index contributed by atoms with van der Waals surface area (Å²) in [7, 11) is 0. The molecular formula is C21H31ClN2O4. The van der Waals surface area contributed by atoms with Crippen molar-refractivity contribution >= 4 is 29.2 Å². The smallest absolute Gasteiger partial charge is 0.313 e. The van der Waals surface area contributed by atoms with E-state index in [0.29, 0.717) is 11.6 Å². The molecule has 7 heteroatoms. The van der Waals surface area contributed by atoms with Crippen LogP contribution >= 0.6 is 11.6 Å². The molecule has 156 valence electrons. The van der Waals surface area contributed by atoms with E-state index in [4.69, 9.17) is 26.2 Å². The minimum Gasteiger partial charge on any atom is -0.481 e. The molecule has 0 fully saturated rings. The van der Waals surface area contributed by atoms with Crippen LogP contribution in [0.2, 0.25) is 5.02 Å². The van der Waals surface area contributed by atoms with Crippen LogP contribution in [0.4, 0.5) is 5.69 Å². The molecular weight excluding hydrogens is 380 g/mol. The highest BCUT2D eigenvalue weighted by Crippen LogP contribution is 2.31. The number of aliphatic carboxylic acids is 1. The number of hydrogen-bond acceptors (Lipinski definition) is 5. The number of carboxylic acid groups (broad SMARTS) is 1. The zero-order valence-electron chi connectivity index (χ0n) is 17.2. The first-order chi connectivity index (χ1) is 13.3. The summed E-state index contributed by atoms with van der Waals surface area (Å²) in [4.78, 5) is 25.7. The van der Waals surface area contributed by atoms with Gasteiger partial charge in [-0.2, -0.15) is 0 Å². The number of hydrogen-bond donors (Lipinski definition) is 1. The summed E-state index contributed by atoms with van der Waals surface area (Å²) >= 11 is 6.41. The molecule has 6 nitrogen and oxygen atoms in total. The highest BCUT2D eigenvalue weighted by molar-refractivity contribution is 6.33. The molecule has 0 aliphatic carbocycles. The van der Waals surface area contributed by atoms with Gasteiger partial charge < -0.3 is 19.6 Å². The Kier molecular flexibility index (Phi) is 10.6. The van der Waals surface area contributed by atoms with Gasteiger partial charge in [-0.15, -0.1) is 0 Å². The summed E-state index contributed by atoms with van der Waals surface area (Å²) in [6.45, 7) is 12.0. The molecule has 1 aliphatic heterocycles. The average molecular weight is 411 g/mol. The Morgan fingerprint density at radius 1 is 1.25 bits per heavy atom. The van der Waals surface area contributed by atoms with E-state index in [1.807, 2.05) is 25.1 Å². The largest absolute Gasteiger partial charge is 0.481 e. The van der Waals surface area contributed by atoms with Gasteiger partial charge in [0, 0.05) is 26.6 Å². The lowest BCUT2D eigenvalue weighted by Crippen LogP contribution is -2.28. The van der Waals surface area contributed by atoms with Crippen molar-refractivity contribution in [1.82, 2.24) is 4.90 Å². The van der Waals surface area contributed by atoms with E-state index in [1.54, 1.807) is 0 Å². The molecule has 0 amide bonds. The summed E-state index contributed by atoms with van der Waals surface area (Å²) in [6.07, 6.45) is 4.25. The van der Waals surface area contributed by atoms with E-state index >= 15 is 0 Å². The van der Waals surface area contributed by atoms with Gasteiger partial charge >= 0.3 is 5.97 Å². The van der Waals surface area contributed by atoms with Crippen molar-refractivity contribution in [2.75, 3.05) is 44.2 Å². The maximum atomic E-state index is 12.2. The number of carbonyl (C=O) groups is 2. The SMILES string of the molecule is CC(=O)O.CCN(CC)CCOC(=O)C(C)c1ccc(N2CC=CC2)c(Cl)c1. The number of carboxylic acids is 1. The Balaban J connectivity index is 0.000000892. The van der Waals surface area contributed by atoms with Crippen LogP contribution in [0.25, 0.3) is 0 Å². The van der Waals surface area contributed by atoms with Gasteiger partial charge in [0.15, 0.2) is 0 Å². The van der Waals surface area contributed by atoms with Gasteiger partial charge in [-0.05, 0) is 37.7 Å². The van der Waals surface area contributed by atoms with Crippen LogP contribution in [0.1, 0.15) is 39.2 Å². The number of benzene rings is 1. The van der Waals surface area contributed by atoms with Gasteiger partial charge in [0.2, 0.25) is 0 Å². The van der Waals surface area contributed by atoms with Gasteiger partial charge in [0.05, 0.1) is 16.6 Å². The Morgan fingerprint density at radius 2 is 1.82 bits per heavy atom. The minimum absolute atomic E-state index is 0.200. The van der Waals surface area contributed by atoms with Crippen molar-refractivity contribution < 1.29 is 19.4 Å². The number of rotatable bonds is 8. The van der Waals surface area contributed by atoms with Crippen LogP contribution in [0, 0.1) is 0 Å². The fourth-order valence-corrected chi connectivity index (χ4v) is 3.11. The second kappa shape index (κ2) is 12.4. The molecule has 0 aromatic heterocycles. The van der Waals surface area contributed by atoms with E-state index in [-0.39, 0.29) is 11.9 Å². The lowest BCUT2D eigenvalue weighted by atomic mass is 10.0. The Bertz CT molecular complexity index is 662. The number of anilines is 1. The molecule has 1 aliphatic rings. The lowest BCUT2D eigenvalue weighted by Gasteiger charge is -2.21. The van der Waals surface area contributed by atoms with Gasteiger partial charge in [0.25, 0.3) is 5.97 Å². The first-order valence-corrected chi connectivity index (χ1v) is 9.95. The normalized spacial score (nSPS) is 13.9. The predicted octanol–water partition coefficient (Wildman–Crippen LogP) is 3.80. The van der Waals surface area contributed by atoms with Crippen molar-refractivity contribution in [3.05, 3.63) is 40.9 Å². The third-order valence-electron chi connectivity index (χ3n) is 4.53. The molecule has 1 unspecified atom stereocenters. The first-order valence-electron chi connectivity index (χ1n) is 9.58. The van der Waals surface area contributed by atoms with Crippen LogP contribution in [0.3, 0.4) is 0 Å². The lowest BCUT2D eigenvalue weighted by molar-refractivity contribution is -0.145. The molecule has 1 heterocycles. The number of halogens is 1. The van der Waals surface area contributed by atoms with Crippen molar-refractivity contribution in [3.8, 4) is 0 Å². The fourth-order valence-electron chi connectivity index (χ4n) is 2.80. The number of nitrogens with zero attached hydrogens (tertiary/aromatic N) is 2. The van der Waals surface area contributed by atoms with E-state index in [1.165, 1.54) is 0 Å². The third-order valence-corrected chi connectivity index (χ3v) is 4.83. The maximum absolute atomic E-state index is 12.2. The summed E-state index contributed by atoms with van der Waals surface area (Å²) in [5.41, 5.74) is 1.90. The van der Waals surface area contributed by atoms with Crippen molar-refractivity contribution in [2.45, 2.75) is 33.6 Å². The maximum Gasteiger partial charge on any atom is 0.313 e. The number of likely N-dealkylation sites (N-methyl/N-ethyl adjacent to an activating group) is 1. The van der Waals surface area contributed by atoms with Crippen molar-refractivity contribution in [1.29, 1.82) is 0 Å². The topological polar surface area (TPSA) is 70.1 Å². The van der Waals surface area contributed by atoms with Crippen molar-refractivity contribution in [3.63, 3.8) is 0 Å². The number of ether oxygens (including phenoxy) is 1. The number of carbonyl (C=O) groups excluding carboxylic acids is 1. The second-order valence-corrected chi connectivity index (χ2v) is 6.93. The summed E-state index contributed by atoms with van der Waals surface area (Å²) in [5, 5.41) is 8.10. The van der Waals surface area contributed by atoms with Crippen molar-refractivity contribution in [2.24, 2.45) is 0 Å². The van der Waals surface area contributed by atoms with Crippen LogP contribution in [-0.4, -0.2) is 61.3 Å². The first kappa shape index (κ1) is 24.0.